The van der Waals surface area contributed by atoms with E-state index in [1.54, 1.807) is 0 Å². The van der Waals surface area contributed by atoms with E-state index in [4.69, 9.17) is 0 Å². The molecule has 0 radical (unpaired) electrons. The van der Waals surface area contributed by atoms with Crippen molar-refractivity contribution in [1.82, 2.24) is 5.32 Å². The summed E-state index contributed by atoms with van der Waals surface area (Å²) in [6.07, 6.45) is 6.97. The van der Waals surface area contributed by atoms with Gasteiger partial charge in [0.05, 0.1) is 0 Å². The minimum Gasteiger partial charge on any atom is -0.356 e. The smallest absolute Gasteiger partial charge is 0.220 e. The Morgan fingerprint density at radius 1 is 1.46 bits per heavy atom. The summed E-state index contributed by atoms with van der Waals surface area (Å²) >= 11 is 0. The Morgan fingerprint density at radius 2 is 2.23 bits per heavy atom. The molecule has 1 aliphatic rings. The summed E-state index contributed by atoms with van der Waals surface area (Å²) in [6, 6.07) is 0. The Morgan fingerprint density at radius 3 is 2.77 bits per heavy atom. The summed E-state index contributed by atoms with van der Waals surface area (Å²) in [6.45, 7) is 5.41. The molecule has 0 saturated carbocycles. The van der Waals surface area contributed by atoms with Crippen molar-refractivity contribution in [2.45, 2.75) is 52.4 Å². The molecular formula is C11H21NO. The molecule has 0 aromatic carbocycles. The van der Waals surface area contributed by atoms with Crippen LogP contribution in [0.15, 0.2) is 0 Å². The zero-order valence-corrected chi connectivity index (χ0v) is 8.86. The molecule has 1 rings (SSSR count). The van der Waals surface area contributed by atoms with Crippen LogP contribution in [0.5, 0.6) is 0 Å². The van der Waals surface area contributed by atoms with E-state index < -0.39 is 0 Å². The van der Waals surface area contributed by atoms with E-state index in [0.29, 0.717) is 5.41 Å². The number of unbranched alkanes of at least 4 members (excludes halogenated alkanes) is 2. The van der Waals surface area contributed by atoms with Gasteiger partial charge in [0.1, 0.15) is 0 Å². The summed E-state index contributed by atoms with van der Waals surface area (Å²) in [4.78, 5) is 11.0. The monoisotopic (exact) mass is 183 g/mol. The molecule has 0 aliphatic carbocycles. The average molecular weight is 183 g/mol. The first-order chi connectivity index (χ1) is 6.16. The van der Waals surface area contributed by atoms with Gasteiger partial charge in [0.25, 0.3) is 0 Å². The SMILES string of the molecule is CCCCCC1(C)CCC(=O)NC1. The Labute approximate surface area is 81.1 Å². The second kappa shape index (κ2) is 4.64. The molecule has 0 aromatic heterocycles. The quantitative estimate of drug-likeness (QED) is 0.666. The summed E-state index contributed by atoms with van der Waals surface area (Å²) in [5.74, 6) is 0.230. The highest BCUT2D eigenvalue weighted by molar-refractivity contribution is 5.76. The van der Waals surface area contributed by atoms with Gasteiger partial charge < -0.3 is 5.32 Å². The fourth-order valence-corrected chi connectivity index (χ4v) is 1.92. The molecule has 1 heterocycles. The largest absolute Gasteiger partial charge is 0.356 e. The van der Waals surface area contributed by atoms with Crippen molar-refractivity contribution in [2.24, 2.45) is 5.41 Å². The zero-order valence-electron chi connectivity index (χ0n) is 8.86. The van der Waals surface area contributed by atoms with Gasteiger partial charge in [0, 0.05) is 13.0 Å². The van der Waals surface area contributed by atoms with Gasteiger partial charge in [0.15, 0.2) is 0 Å². The Kier molecular flexibility index (Phi) is 3.76. The molecule has 1 unspecified atom stereocenters. The number of nitrogens with one attached hydrogen (secondary N) is 1. The van der Waals surface area contributed by atoms with Crippen LogP contribution in [0.2, 0.25) is 0 Å². The average Bonchev–Trinajstić information content (AvgIpc) is 2.12. The molecule has 0 aromatic rings. The van der Waals surface area contributed by atoms with Crippen LogP contribution in [0.1, 0.15) is 52.4 Å². The standard InChI is InChI=1S/C11H21NO/c1-3-4-5-7-11(2)8-6-10(13)12-9-11/h3-9H2,1-2H3,(H,12,13). The Bertz CT molecular complexity index is 167. The van der Waals surface area contributed by atoms with E-state index in [2.05, 4.69) is 19.2 Å². The first kappa shape index (κ1) is 10.6. The zero-order chi connectivity index (χ0) is 9.73. The molecular weight excluding hydrogens is 162 g/mol. The van der Waals surface area contributed by atoms with Gasteiger partial charge >= 0.3 is 0 Å². The Balaban J connectivity index is 2.26. The number of carbonyl (C=O) groups excluding carboxylic acids is 1. The number of hydrogen-bond donors (Lipinski definition) is 1. The van der Waals surface area contributed by atoms with Crippen LogP contribution < -0.4 is 5.32 Å². The van der Waals surface area contributed by atoms with Crippen molar-refractivity contribution in [1.29, 1.82) is 0 Å². The van der Waals surface area contributed by atoms with Crippen LogP contribution in [-0.2, 0) is 4.79 Å². The lowest BCUT2D eigenvalue weighted by atomic mass is 9.78. The summed E-state index contributed by atoms with van der Waals surface area (Å²) in [5, 5.41) is 2.96. The van der Waals surface area contributed by atoms with Crippen LogP contribution in [-0.4, -0.2) is 12.5 Å². The number of carbonyl (C=O) groups is 1. The number of piperidine rings is 1. The molecule has 1 N–H and O–H groups in total. The van der Waals surface area contributed by atoms with E-state index in [1.165, 1.54) is 25.7 Å². The van der Waals surface area contributed by atoms with Gasteiger partial charge in [-0.15, -0.1) is 0 Å². The first-order valence-corrected chi connectivity index (χ1v) is 5.43. The van der Waals surface area contributed by atoms with Crippen LogP contribution in [0, 0.1) is 5.41 Å². The van der Waals surface area contributed by atoms with Crippen molar-refractivity contribution in [3.63, 3.8) is 0 Å². The van der Waals surface area contributed by atoms with E-state index in [1.807, 2.05) is 0 Å². The maximum atomic E-state index is 11.0. The van der Waals surface area contributed by atoms with Crippen LogP contribution in [0.4, 0.5) is 0 Å². The highest BCUT2D eigenvalue weighted by Crippen LogP contribution is 2.31. The van der Waals surface area contributed by atoms with Gasteiger partial charge in [-0.2, -0.15) is 0 Å². The van der Waals surface area contributed by atoms with Crippen LogP contribution in [0.3, 0.4) is 0 Å². The fraction of sp³-hybridized carbons (Fsp3) is 0.909. The predicted molar refractivity (Wildman–Crippen MR) is 54.5 cm³/mol. The van der Waals surface area contributed by atoms with E-state index in [0.717, 1.165) is 19.4 Å². The molecule has 13 heavy (non-hydrogen) atoms. The number of amides is 1. The maximum Gasteiger partial charge on any atom is 0.220 e. The van der Waals surface area contributed by atoms with Crippen molar-refractivity contribution in [3.05, 3.63) is 0 Å². The molecule has 1 amide bonds. The summed E-state index contributed by atoms with van der Waals surface area (Å²) in [5.41, 5.74) is 0.378. The van der Waals surface area contributed by atoms with E-state index >= 15 is 0 Å². The van der Waals surface area contributed by atoms with Gasteiger partial charge in [-0.1, -0.05) is 33.1 Å². The molecule has 0 bridgehead atoms. The molecule has 1 saturated heterocycles. The normalized spacial score (nSPS) is 28.6. The van der Waals surface area contributed by atoms with Gasteiger partial charge in [-0.25, -0.2) is 0 Å². The second-order valence-corrected chi connectivity index (χ2v) is 4.54. The highest BCUT2D eigenvalue weighted by Gasteiger charge is 2.28. The molecule has 1 atom stereocenters. The van der Waals surface area contributed by atoms with Crippen LogP contribution in [0.25, 0.3) is 0 Å². The molecule has 2 nitrogen and oxygen atoms in total. The van der Waals surface area contributed by atoms with Gasteiger partial charge in [-0.3, -0.25) is 4.79 Å². The lowest BCUT2D eigenvalue weighted by Gasteiger charge is -2.33. The molecule has 0 spiro atoms. The Hall–Kier alpha value is -0.530. The molecule has 1 fully saturated rings. The summed E-state index contributed by atoms with van der Waals surface area (Å²) < 4.78 is 0. The van der Waals surface area contributed by atoms with Gasteiger partial charge in [-0.05, 0) is 18.3 Å². The molecule has 76 valence electrons. The second-order valence-electron chi connectivity index (χ2n) is 4.54. The lowest BCUT2D eigenvalue weighted by Crippen LogP contribution is -2.41. The fourth-order valence-electron chi connectivity index (χ4n) is 1.92. The minimum atomic E-state index is 0.230. The molecule has 1 aliphatic heterocycles. The maximum absolute atomic E-state index is 11.0. The highest BCUT2D eigenvalue weighted by atomic mass is 16.1. The van der Waals surface area contributed by atoms with Crippen molar-refractivity contribution in [3.8, 4) is 0 Å². The molecule has 2 heteroatoms. The first-order valence-electron chi connectivity index (χ1n) is 5.43. The van der Waals surface area contributed by atoms with Crippen molar-refractivity contribution < 1.29 is 4.79 Å². The number of hydrogen-bond acceptors (Lipinski definition) is 1. The van der Waals surface area contributed by atoms with E-state index in [9.17, 15) is 4.79 Å². The van der Waals surface area contributed by atoms with E-state index in [-0.39, 0.29) is 5.91 Å². The minimum absolute atomic E-state index is 0.230. The third-order valence-corrected chi connectivity index (χ3v) is 3.05. The summed E-state index contributed by atoms with van der Waals surface area (Å²) in [7, 11) is 0. The third kappa shape index (κ3) is 3.37. The number of rotatable bonds is 4. The van der Waals surface area contributed by atoms with Gasteiger partial charge in [0.2, 0.25) is 5.91 Å². The van der Waals surface area contributed by atoms with Crippen molar-refractivity contribution >= 4 is 5.91 Å². The predicted octanol–water partition coefficient (Wildman–Crippen LogP) is 2.48. The lowest BCUT2D eigenvalue weighted by molar-refractivity contribution is -0.124. The topological polar surface area (TPSA) is 29.1 Å². The van der Waals surface area contributed by atoms with Crippen LogP contribution >= 0.6 is 0 Å². The van der Waals surface area contributed by atoms with Crippen molar-refractivity contribution in [2.75, 3.05) is 6.54 Å². The third-order valence-electron chi connectivity index (χ3n) is 3.05.